The molecule has 0 aromatic heterocycles. The SMILES string of the molecule is CCCCCC(CN)CC(=O)N[C@H](C(=O)N[C@@H](CN)C(=O)C(C)C)[C@H](C)O. The lowest BCUT2D eigenvalue weighted by atomic mass is 9.97. The lowest BCUT2D eigenvalue weighted by Crippen LogP contribution is -2.57. The quantitative estimate of drug-likeness (QED) is 0.267. The average molecular weight is 387 g/mol. The number of hydrogen-bond donors (Lipinski definition) is 5. The monoisotopic (exact) mass is 386 g/mol. The van der Waals surface area contributed by atoms with Gasteiger partial charge in [0.2, 0.25) is 11.8 Å². The van der Waals surface area contributed by atoms with E-state index in [2.05, 4.69) is 17.6 Å². The van der Waals surface area contributed by atoms with Gasteiger partial charge in [0.1, 0.15) is 6.04 Å². The zero-order valence-electron chi connectivity index (χ0n) is 17.2. The van der Waals surface area contributed by atoms with Crippen molar-refractivity contribution >= 4 is 17.6 Å². The van der Waals surface area contributed by atoms with Crippen LogP contribution in [0.2, 0.25) is 0 Å². The van der Waals surface area contributed by atoms with E-state index in [1.807, 2.05) is 0 Å². The van der Waals surface area contributed by atoms with Gasteiger partial charge in [-0.15, -0.1) is 0 Å². The summed E-state index contributed by atoms with van der Waals surface area (Å²) in [5.74, 6) is -1.42. The number of nitrogens with two attached hydrogens (primary N) is 2. The minimum Gasteiger partial charge on any atom is -0.391 e. The van der Waals surface area contributed by atoms with Crippen LogP contribution in [0.15, 0.2) is 0 Å². The van der Waals surface area contributed by atoms with Crippen LogP contribution < -0.4 is 22.1 Å². The molecule has 158 valence electrons. The van der Waals surface area contributed by atoms with Gasteiger partial charge in [0.05, 0.1) is 12.1 Å². The summed E-state index contributed by atoms with van der Waals surface area (Å²) in [5, 5.41) is 15.0. The molecule has 0 aromatic rings. The summed E-state index contributed by atoms with van der Waals surface area (Å²) in [7, 11) is 0. The molecule has 0 fully saturated rings. The highest BCUT2D eigenvalue weighted by Crippen LogP contribution is 2.13. The molecular formula is C19H38N4O4. The number of aliphatic hydroxyl groups excluding tert-OH is 1. The fourth-order valence-corrected chi connectivity index (χ4v) is 2.80. The Morgan fingerprint density at radius 2 is 1.63 bits per heavy atom. The number of unbranched alkanes of at least 4 members (excludes halogenated alkanes) is 2. The molecule has 0 spiro atoms. The van der Waals surface area contributed by atoms with Gasteiger partial charge in [-0.2, -0.15) is 0 Å². The average Bonchev–Trinajstić information content (AvgIpc) is 2.62. The number of hydrogen-bond acceptors (Lipinski definition) is 6. The Morgan fingerprint density at radius 3 is 2.07 bits per heavy atom. The van der Waals surface area contributed by atoms with E-state index in [1.54, 1.807) is 13.8 Å². The summed E-state index contributed by atoms with van der Waals surface area (Å²) in [6, 6.07) is -2.00. The van der Waals surface area contributed by atoms with E-state index in [9.17, 15) is 19.5 Å². The maximum Gasteiger partial charge on any atom is 0.245 e. The summed E-state index contributed by atoms with van der Waals surface area (Å²) in [6.45, 7) is 7.30. The molecule has 0 saturated heterocycles. The van der Waals surface area contributed by atoms with E-state index in [0.29, 0.717) is 6.54 Å². The highest BCUT2D eigenvalue weighted by atomic mass is 16.3. The maximum atomic E-state index is 12.5. The number of amides is 2. The first-order valence-corrected chi connectivity index (χ1v) is 9.89. The second kappa shape index (κ2) is 13.6. The normalized spacial score (nSPS) is 15.7. The van der Waals surface area contributed by atoms with Crippen LogP contribution in [0.5, 0.6) is 0 Å². The standard InChI is InChI=1S/C19H38N4O4/c1-5-6-7-8-14(10-20)9-16(25)23-17(13(4)24)19(27)22-15(11-21)18(26)12(2)3/h12-15,17,24H,5-11,20-21H2,1-4H3,(H,22,27)(H,23,25)/t13-,14?,15-,17-/m0/s1. The van der Waals surface area contributed by atoms with Crippen molar-refractivity contribution in [2.45, 2.75) is 78.0 Å². The number of nitrogens with one attached hydrogen (secondary N) is 2. The highest BCUT2D eigenvalue weighted by Gasteiger charge is 2.30. The summed E-state index contributed by atoms with van der Waals surface area (Å²) in [5.41, 5.74) is 11.3. The zero-order chi connectivity index (χ0) is 21.0. The Hall–Kier alpha value is -1.51. The Kier molecular flexibility index (Phi) is 12.9. The van der Waals surface area contributed by atoms with Crippen molar-refractivity contribution in [2.24, 2.45) is 23.3 Å². The Balaban J connectivity index is 4.84. The smallest absolute Gasteiger partial charge is 0.245 e. The molecule has 8 heteroatoms. The largest absolute Gasteiger partial charge is 0.391 e. The molecule has 2 amide bonds. The summed E-state index contributed by atoms with van der Waals surface area (Å²) in [6.07, 6.45) is 3.11. The molecule has 27 heavy (non-hydrogen) atoms. The second-order valence-electron chi connectivity index (χ2n) is 7.44. The third-order valence-corrected chi connectivity index (χ3v) is 4.57. The van der Waals surface area contributed by atoms with Gasteiger partial charge in [0, 0.05) is 18.9 Å². The fraction of sp³-hybridized carbons (Fsp3) is 0.842. The fourth-order valence-electron chi connectivity index (χ4n) is 2.80. The van der Waals surface area contributed by atoms with Crippen LogP contribution in [0.25, 0.3) is 0 Å². The van der Waals surface area contributed by atoms with Crippen LogP contribution in [0, 0.1) is 11.8 Å². The first kappa shape index (κ1) is 25.5. The van der Waals surface area contributed by atoms with Crippen LogP contribution in [-0.4, -0.2) is 54.0 Å². The first-order chi connectivity index (χ1) is 12.7. The van der Waals surface area contributed by atoms with E-state index in [1.165, 1.54) is 6.92 Å². The van der Waals surface area contributed by atoms with E-state index in [0.717, 1.165) is 25.7 Å². The van der Waals surface area contributed by atoms with Crippen molar-refractivity contribution in [3.05, 3.63) is 0 Å². The number of Topliss-reactive ketones (excluding diaryl/α,β-unsaturated/α-hetero) is 1. The van der Waals surface area contributed by atoms with E-state index < -0.39 is 24.1 Å². The molecule has 0 aliphatic heterocycles. The number of carbonyl (C=O) groups is 3. The predicted molar refractivity (Wildman–Crippen MR) is 106 cm³/mol. The van der Waals surface area contributed by atoms with Gasteiger partial charge < -0.3 is 27.2 Å². The summed E-state index contributed by atoms with van der Waals surface area (Å²) in [4.78, 5) is 36.9. The van der Waals surface area contributed by atoms with Gasteiger partial charge in [-0.1, -0.05) is 40.0 Å². The Labute approximate surface area is 162 Å². The molecule has 0 bridgehead atoms. The van der Waals surface area contributed by atoms with Gasteiger partial charge in [0.15, 0.2) is 5.78 Å². The predicted octanol–water partition coefficient (Wildman–Crippen LogP) is 0.0659. The van der Waals surface area contributed by atoms with Gasteiger partial charge in [-0.05, 0) is 25.8 Å². The topological polar surface area (TPSA) is 148 Å². The zero-order valence-corrected chi connectivity index (χ0v) is 17.2. The first-order valence-electron chi connectivity index (χ1n) is 9.89. The van der Waals surface area contributed by atoms with Crippen molar-refractivity contribution in [1.29, 1.82) is 0 Å². The van der Waals surface area contributed by atoms with E-state index in [4.69, 9.17) is 11.5 Å². The summed E-state index contributed by atoms with van der Waals surface area (Å²) >= 11 is 0. The second-order valence-corrected chi connectivity index (χ2v) is 7.44. The third-order valence-electron chi connectivity index (χ3n) is 4.57. The van der Waals surface area contributed by atoms with Crippen molar-refractivity contribution < 1.29 is 19.5 Å². The van der Waals surface area contributed by atoms with Crippen LogP contribution in [0.4, 0.5) is 0 Å². The van der Waals surface area contributed by atoms with Crippen LogP contribution >= 0.6 is 0 Å². The number of carbonyl (C=O) groups excluding carboxylic acids is 3. The molecule has 1 unspecified atom stereocenters. The molecule has 0 aromatic carbocycles. The minimum atomic E-state index is -1.15. The molecule has 7 N–H and O–H groups in total. The summed E-state index contributed by atoms with van der Waals surface area (Å²) < 4.78 is 0. The molecule has 0 radical (unpaired) electrons. The minimum absolute atomic E-state index is 0.0357. The van der Waals surface area contributed by atoms with E-state index >= 15 is 0 Å². The molecule has 4 atom stereocenters. The van der Waals surface area contributed by atoms with Crippen LogP contribution in [-0.2, 0) is 14.4 Å². The molecule has 8 nitrogen and oxygen atoms in total. The van der Waals surface area contributed by atoms with Crippen LogP contribution in [0.1, 0.15) is 59.8 Å². The maximum absolute atomic E-state index is 12.5. The lowest BCUT2D eigenvalue weighted by Gasteiger charge is -2.25. The number of ketones is 1. The van der Waals surface area contributed by atoms with Crippen molar-refractivity contribution in [3.8, 4) is 0 Å². The highest BCUT2D eigenvalue weighted by molar-refractivity contribution is 5.93. The number of aliphatic hydroxyl groups is 1. The van der Waals surface area contributed by atoms with Gasteiger partial charge in [0.25, 0.3) is 0 Å². The molecule has 0 saturated carbocycles. The van der Waals surface area contributed by atoms with Gasteiger partial charge >= 0.3 is 0 Å². The molecule has 0 rings (SSSR count). The van der Waals surface area contributed by atoms with Crippen LogP contribution in [0.3, 0.4) is 0 Å². The van der Waals surface area contributed by atoms with Crippen molar-refractivity contribution in [1.82, 2.24) is 10.6 Å². The lowest BCUT2D eigenvalue weighted by molar-refractivity contribution is -0.134. The Bertz CT molecular complexity index is 469. The molecular weight excluding hydrogens is 348 g/mol. The molecule has 0 heterocycles. The third kappa shape index (κ3) is 9.83. The van der Waals surface area contributed by atoms with E-state index in [-0.39, 0.29) is 36.5 Å². The van der Waals surface area contributed by atoms with Crippen molar-refractivity contribution in [2.75, 3.05) is 13.1 Å². The van der Waals surface area contributed by atoms with Gasteiger partial charge in [-0.3, -0.25) is 14.4 Å². The van der Waals surface area contributed by atoms with Gasteiger partial charge in [-0.25, -0.2) is 0 Å². The molecule has 0 aliphatic carbocycles. The molecule has 0 aliphatic rings. The Morgan fingerprint density at radius 1 is 1.00 bits per heavy atom. The van der Waals surface area contributed by atoms with Crippen molar-refractivity contribution in [3.63, 3.8) is 0 Å². The number of rotatable bonds is 14.